The van der Waals surface area contributed by atoms with Gasteiger partial charge < -0.3 is 15.5 Å². The number of nitrogens with one attached hydrogen (secondary N) is 2. The fourth-order valence-corrected chi connectivity index (χ4v) is 2.99. The van der Waals surface area contributed by atoms with Crippen molar-refractivity contribution in [3.63, 3.8) is 0 Å². The Morgan fingerprint density at radius 3 is 2.46 bits per heavy atom. The van der Waals surface area contributed by atoms with Gasteiger partial charge in [0.05, 0.1) is 13.8 Å². The van der Waals surface area contributed by atoms with E-state index in [1.807, 2.05) is 0 Å². The first-order chi connectivity index (χ1) is 13.9. The second kappa shape index (κ2) is 10.2. The Bertz CT molecular complexity index is 710. The second-order valence-corrected chi connectivity index (χ2v) is 6.80. The summed E-state index contributed by atoms with van der Waals surface area (Å²) in [4.78, 5) is 64.9. The largest absolute Gasteiger partial charge is 0.355 e. The van der Waals surface area contributed by atoms with Gasteiger partial charge in [-0.15, -0.1) is 5.06 Å². The first-order valence-corrected chi connectivity index (χ1v) is 9.34. The van der Waals surface area contributed by atoms with Gasteiger partial charge in [0.2, 0.25) is 11.8 Å². The number of hydrogen-bond donors (Lipinski definition) is 2. The number of carbonyl (C=O) groups excluding carboxylic acids is 5. The summed E-state index contributed by atoms with van der Waals surface area (Å²) in [5, 5.41) is 5.49. The summed E-state index contributed by atoms with van der Waals surface area (Å²) in [6, 6.07) is -2.60. The number of nitrogens with zero attached hydrogens (tertiary/aromatic N) is 2. The van der Waals surface area contributed by atoms with E-state index in [1.165, 1.54) is 4.90 Å². The minimum Gasteiger partial charge on any atom is -0.355 e. The molecule has 10 heteroatoms. The molecule has 10 nitrogen and oxygen atoms in total. The molecule has 28 heavy (non-hydrogen) atoms. The van der Waals surface area contributed by atoms with Crippen LogP contribution in [0.2, 0.25) is 0 Å². The van der Waals surface area contributed by atoms with Crippen molar-refractivity contribution in [2.45, 2.75) is 64.4 Å². The Labute approximate surface area is 166 Å². The molecule has 4 amide bonds. The number of hydrogen-bond acceptors (Lipinski definition) is 7. The number of likely N-dealkylation sites (tertiary alicyclic amines) is 1. The normalized spacial score (nSPS) is 24.0. The Kier molecular flexibility index (Phi) is 6.84. The van der Waals surface area contributed by atoms with Crippen molar-refractivity contribution < 1.29 is 31.6 Å². The average molecular weight is 398 g/mol. The zero-order chi connectivity index (χ0) is 22.5. The summed E-state index contributed by atoms with van der Waals surface area (Å²) in [6.07, 6.45) is 0.696. The van der Waals surface area contributed by atoms with Gasteiger partial charge in [0.25, 0.3) is 11.8 Å². The molecule has 0 saturated carbocycles. The Morgan fingerprint density at radius 2 is 1.82 bits per heavy atom. The molecular weight excluding hydrogens is 368 g/mol. The van der Waals surface area contributed by atoms with Crippen molar-refractivity contribution in [3.8, 4) is 0 Å². The molecule has 2 aliphatic rings. The molecule has 0 spiro atoms. The third-order valence-corrected chi connectivity index (χ3v) is 4.41. The molecule has 2 aliphatic heterocycles. The van der Waals surface area contributed by atoms with Gasteiger partial charge in [-0.2, -0.15) is 0 Å². The maximum atomic E-state index is 12.5. The van der Waals surface area contributed by atoms with Gasteiger partial charge in [0, 0.05) is 39.7 Å². The van der Waals surface area contributed by atoms with E-state index in [9.17, 15) is 24.0 Å². The summed E-state index contributed by atoms with van der Waals surface area (Å²) >= 11 is 0. The molecule has 0 aliphatic carbocycles. The lowest BCUT2D eigenvalue weighted by Crippen LogP contribution is -2.46. The summed E-state index contributed by atoms with van der Waals surface area (Å²) in [5.41, 5.74) is 0. The molecule has 0 radical (unpaired) electrons. The Balaban J connectivity index is 1.66. The third-order valence-electron chi connectivity index (χ3n) is 4.41. The van der Waals surface area contributed by atoms with E-state index >= 15 is 0 Å². The van der Waals surface area contributed by atoms with E-state index in [2.05, 4.69) is 15.5 Å². The number of carbonyl (C=O) groups is 5. The van der Waals surface area contributed by atoms with Gasteiger partial charge in [-0.25, -0.2) is 4.79 Å². The minimum absolute atomic E-state index is 0.00518. The maximum Gasteiger partial charge on any atom is 0.334 e. The van der Waals surface area contributed by atoms with Crippen LogP contribution in [0, 0.1) is 0 Å². The van der Waals surface area contributed by atoms with Crippen molar-refractivity contribution in [1.29, 1.82) is 0 Å². The SMILES string of the molecule is [2H]C(C)(C)N1CCCC1([2H])C(=O)NCCC(=O)NCCC(=O)ON1C(=O)CCC1=O. The lowest BCUT2D eigenvalue weighted by atomic mass is 10.2. The van der Waals surface area contributed by atoms with Crippen molar-refractivity contribution >= 4 is 29.6 Å². The van der Waals surface area contributed by atoms with Crippen molar-refractivity contribution in [1.82, 2.24) is 20.6 Å². The smallest absolute Gasteiger partial charge is 0.334 e. The predicted octanol–water partition coefficient (Wildman–Crippen LogP) is -0.521. The van der Waals surface area contributed by atoms with Crippen LogP contribution in [-0.2, 0) is 28.8 Å². The third kappa shape index (κ3) is 6.01. The van der Waals surface area contributed by atoms with Gasteiger partial charge in [-0.05, 0) is 33.2 Å². The topological polar surface area (TPSA) is 125 Å². The van der Waals surface area contributed by atoms with E-state index in [-0.39, 0.29) is 38.8 Å². The fourth-order valence-electron chi connectivity index (χ4n) is 2.99. The van der Waals surface area contributed by atoms with Crippen LogP contribution in [0.15, 0.2) is 0 Å². The molecule has 156 valence electrons. The number of hydroxylamine groups is 2. The van der Waals surface area contributed by atoms with Gasteiger partial charge in [0.15, 0.2) is 0 Å². The Morgan fingerprint density at radius 1 is 1.18 bits per heavy atom. The van der Waals surface area contributed by atoms with Gasteiger partial charge in [-0.3, -0.25) is 24.1 Å². The molecule has 0 aromatic heterocycles. The van der Waals surface area contributed by atoms with Crippen LogP contribution in [-0.4, -0.2) is 71.2 Å². The quantitative estimate of drug-likeness (QED) is 0.501. The van der Waals surface area contributed by atoms with Gasteiger partial charge in [0.1, 0.15) is 0 Å². The van der Waals surface area contributed by atoms with Crippen LogP contribution in [0.5, 0.6) is 0 Å². The van der Waals surface area contributed by atoms with Crippen LogP contribution in [0.1, 0.15) is 55.1 Å². The van der Waals surface area contributed by atoms with Crippen LogP contribution < -0.4 is 10.6 Å². The van der Waals surface area contributed by atoms with E-state index in [4.69, 9.17) is 2.74 Å². The lowest BCUT2D eigenvalue weighted by Gasteiger charge is -2.27. The molecule has 2 N–H and O–H groups in total. The van der Waals surface area contributed by atoms with E-state index < -0.39 is 41.6 Å². The highest BCUT2D eigenvalue weighted by atomic mass is 16.7. The average Bonchev–Trinajstić information content (AvgIpc) is 3.20. The number of rotatable bonds is 9. The first kappa shape index (κ1) is 18.9. The molecular formula is C18H28N4O6. The molecule has 0 aromatic rings. The Hall–Kier alpha value is -2.49. The fraction of sp³-hybridized carbons (Fsp3) is 0.722. The first-order valence-electron chi connectivity index (χ1n) is 10.3. The molecule has 2 fully saturated rings. The maximum absolute atomic E-state index is 12.5. The minimum atomic E-state index is -1.53. The van der Waals surface area contributed by atoms with Crippen LogP contribution in [0.3, 0.4) is 0 Å². The zero-order valence-corrected chi connectivity index (χ0v) is 16.2. The standard InChI is InChI=1S/C18H28N4O6/c1-12(2)21-11-3-4-13(21)18(27)20-9-7-14(23)19-10-8-17(26)28-22-15(24)5-6-16(22)25/h12-13H,3-11H2,1-2H3,(H,19,23)(H,20,27)/i12D,13D. The van der Waals surface area contributed by atoms with Gasteiger partial charge >= 0.3 is 5.97 Å². The molecule has 0 aromatic carbocycles. The van der Waals surface area contributed by atoms with Crippen molar-refractivity contribution in [3.05, 3.63) is 0 Å². The summed E-state index contributed by atoms with van der Waals surface area (Å²) in [5.74, 6) is -2.93. The van der Waals surface area contributed by atoms with Crippen LogP contribution in [0.25, 0.3) is 0 Å². The predicted molar refractivity (Wildman–Crippen MR) is 97.3 cm³/mol. The second-order valence-electron chi connectivity index (χ2n) is 6.80. The van der Waals surface area contributed by atoms with Crippen molar-refractivity contribution in [2.24, 2.45) is 0 Å². The highest BCUT2D eigenvalue weighted by molar-refractivity contribution is 6.01. The van der Waals surface area contributed by atoms with E-state index in [0.717, 1.165) is 0 Å². The summed E-state index contributed by atoms with van der Waals surface area (Å²) in [6.45, 7) is 3.70. The molecule has 2 rings (SSSR count). The molecule has 2 heterocycles. The molecule has 1 unspecified atom stereocenters. The molecule has 0 bridgehead atoms. The summed E-state index contributed by atoms with van der Waals surface area (Å²) in [7, 11) is 0. The zero-order valence-electron chi connectivity index (χ0n) is 18.2. The van der Waals surface area contributed by atoms with Crippen molar-refractivity contribution in [2.75, 3.05) is 19.6 Å². The highest BCUT2D eigenvalue weighted by Gasteiger charge is 2.33. The lowest BCUT2D eigenvalue weighted by molar-refractivity contribution is -0.197. The molecule has 2 saturated heterocycles. The van der Waals surface area contributed by atoms with Gasteiger partial charge in [-0.1, -0.05) is 0 Å². The van der Waals surface area contributed by atoms with Crippen LogP contribution in [0.4, 0.5) is 0 Å². The summed E-state index contributed by atoms with van der Waals surface area (Å²) < 4.78 is 16.6. The molecule has 1 atom stereocenters. The number of amides is 4. The van der Waals surface area contributed by atoms with E-state index in [0.29, 0.717) is 24.4 Å². The highest BCUT2D eigenvalue weighted by Crippen LogP contribution is 2.19. The monoisotopic (exact) mass is 398 g/mol. The van der Waals surface area contributed by atoms with E-state index in [1.54, 1.807) is 13.8 Å². The number of imide groups is 1. The van der Waals surface area contributed by atoms with Crippen LogP contribution >= 0.6 is 0 Å².